The summed E-state index contributed by atoms with van der Waals surface area (Å²) in [7, 11) is 0. The second kappa shape index (κ2) is 9.62. The molecule has 0 radical (unpaired) electrons. The number of benzene rings is 2. The molecule has 1 aromatic heterocycles. The highest BCUT2D eigenvalue weighted by Gasteiger charge is 2.21. The predicted molar refractivity (Wildman–Crippen MR) is 131 cm³/mol. The highest BCUT2D eigenvalue weighted by molar-refractivity contribution is 9.10. The van der Waals surface area contributed by atoms with Gasteiger partial charge in [-0.25, -0.2) is 9.37 Å². The van der Waals surface area contributed by atoms with Crippen LogP contribution < -0.4 is 15.4 Å². The van der Waals surface area contributed by atoms with Gasteiger partial charge in [0.2, 0.25) is 5.88 Å². The lowest BCUT2D eigenvalue weighted by atomic mass is 10.1. The molecule has 2 N–H and O–H groups in total. The van der Waals surface area contributed by atoms with Gasteiger partial charge in [0.1, 0.15) is 23.6 Å². The number of anilines is 3. The molecule has 2 aliphatic heterocycles. The van der Waals surface area contributed by atoms with E-state index < -0.39 is 0 Å². The van der Waals surface area contributed by atoms with Crippen molar-refractivity contribution >= 4 is 33.1 Å². The van der Waals surface area contributed by atoms with Crippen LogP contribution in [0.4, 0.5) is 21.6 Å². The van der Waals surface area contributed by atoms with Crippen LogP contribution in [0, 0.1) is 5.82 Å². The van der Waals surface area contributed by atoms with Crippen molar-refractivity contribution < 1.29 is 9.13 Å². The lowest BCUT2D eigenvalue weighted by Crippen LogP contribution is -2.45. The summed E-state index contributed by atoms with van der Waals surface area (Å²) in [6.07, 6.45) is 1.41. The summed E-state index contributed by atoms with van der Waals surface area (Å²) in [5.74, 6) is 1.26. The summed E-state index contributed by atoms with van der Waals surface area (Å²) in [4.78, 5) is 13.6. The Morgan fingerprint density at radius 3 is 2.70 bits per heavy atom. The van der Waals surface area contributed by atoms with E-state index in [-0.39, 0.29) is 5.82 Å². The van der Waals surface area contributed by atoms with Crippen LogP contribution in [-0.4, -0.2) is 52.5 Å². The van der Waals surface area contributed by atoms with E-state index in [4.69, 9.17) is 4.74 Å². The molecule has 3 aromatic rings. The average Bonchev–Trinajstić information content (AvgIpc) is 3.01. The number of halogens is 2. The summed E-state index contributed by atoms with van der Waals surface area (Å²) >= 11 is 3.28. The minimum absolute atomic E-state index is 0.327. The van der Waals surface area contributed by atoms with Gasteiger partial charge in [0.15, 0.2) is 5.82 Å². The highest BCUT2D eigenvalue weighted by Crippen LogP contribution is 2.39. The normalized spacial score (nSPS) is 16.2. The van der Waals surface area contributed by atoms with Crippen molar-refractivity contribution in [2.45, 2.75) is 20.0 Å². The first-order valence-corrected chi connectivity index (χ1v) is 11.9. The molecule has 0 saturated carbocycles. The molecule has 33 heavy (non-hydrogen) atoms. The molecule has 1 saturated heterocycles. The van der Waals surface area contributed by atoms with Gasteiger partial charge < -0.3 is 20.3 Å². The van der Waals surface area contributed by atoms with Crippen molar-refractivity contribution in [1.82, 2.24) is 19.8 Å². The Morgan fingerprint density at radius 1 is 1.09 bits per heavy atom. The molecule has 5 rings (SSSR count). The fourth-order valence-corrected chi connectivity index (χ4v) is 4.53. The van der Waals surface area contributed by atoms with Crippen LogP contribution >= 0.6 is 15.9 Å². The van der Waals surface area contributed by atoms with Gasteiger partial charge >= 0.3 is 0 Å². The van der Waals surface area contributed by atoms with Crippen LogP contribution in [0.15, 0.2) is 47.2 Å². The monoisotopic (exact) mass is 512 g/mol. The molecule has 0 bridgehead atoms. The number of hydrogen-bond donors (Lipinski definition) is 2. The fraction of sp³-hybridized carbons (Fsp3) is 0.333. The maximum absolute atomic E-state index is 14.3. The van der Waals surface area contributed by atoms with E-state index in [1.165, 1.54) is 18.0 Å². The zero-order chi connectivity index (χ0) is 22.8. The Bertz CT molecular complexity index is 1150. The second-order valence-corrected chi connectivity index (χ2v) is 9.18. The third kappa shape index (κ3) is 4.95. The van der Waals surface area contributed by atoms with E-state index in [9.17, 15) is 4.39 Å². The largest absolute Gasteiger partial charge is 0.437 e. The molecule has 1 fully saturated rings. The Morgan fingerprint density at radius 2 is 1.91 bits per heavy atom. The first kappa shape index (κ1) is 22.1. The Hall–Kier alpha value is -2.75. The third-order valence-electron chi connectivity index (χ3n) is 6.10. The van der Waals surface area contributed by atoms with E-state index in [2.05, 4.69) is 65.4 Å². The zero-order valence-electron chi connectivity index (χ0n) is 18.4. The number of nitrogens with zero attached hydrogens (tertiary/aromatic N) is 4. The SMILES string of the molecule is CCN1CCN(Cc2ccc3c(c2)CNc2c(Nc4ccc(Br)cc4F)ncnc2O3)CC1. The van der Waals surface area contributed by atoms with Crippen LogP contribution in [0.2, 0.25) is 0 Å². The molecule has 2 aliphatic rings. The van der Waals surface area contributed by atoms with E-state index >= 15 is 0 Å². The molecular formula is C24H26BrFN6O. The van der Waals surface area contributed by atoms with Crippen molar-refractivity contribution in [1.29, 1.82) is 0 Å². The maximum atomic E-state index is 14.3. The Labute approximate surface area is 201 Å². The van der Waals surface area contributed by atoms with Gasteiger partial charge in [0.25, 0.3) is 0 Å². The number of hydrogen-bond acceptors (Lipinski definition) is 7. The third-order valence-corrected chi connectivity index (χ3v) is 6.60. The van der Waals surface area contributed by atoms with Gasteiger partial charge in [0, 0.05) is 49.3 Å². The van der Waals surface area contributed by atoms with Crippen molar-refractivity contribution in [2.24, 2.45) is 0 Å². The maximum Gasteiger partial charge on any atom is 0.248 e. The van der Waals surface area contributed by atoms with E-state index in [0.29, 0.717) is 34.1 Å². The van der Waals surface area contributed by atoms with Gasteiger partial charge in [-0.15, -0.1) is 0 Å². The number of piperazine rings is 1. The molecule has 0 atom stereocenters. The lowest BCUT2D eigenvalue weighted by Gasteiger charge is -2.34. The number of likely N-dealkylation sites (N-methyl/N-ethyl adjacent to an activating group) is 1. The number of rotatable bonds is 5. The Balaban J connectivity index is 1.33. The molecule has 0 unspecified atom stereocenters. The fourth-order valence-electron chi connectivity index (χ4n) is 4.20. The molecule has 3 heterocycles. The molecule has 0 spiro atoms. The van der Waals surface area contributed by atoms with Crippen molar-refractivity contribution in [2.75, 3.05) is 43.4 Å². The number of aromatic nitrogens is 2. The molecule has 9 heteroatoms. The summed E-state index contributed by atoms with van der Waals surface area (Å²) in [6, 6.07) is 11.2. The zero-order valence-corrected chi connectivity index (χ0v) is 20.0. The van der Waals surface area contributed by atoms with Crippen LogP contribution in [0.1, 0.15) is 18.1 Å². The van der Waals surface area contributed by atoms with E-state index in [1.54, 1.807) is 12.1 Å². The van der Waals surface area contributed by atoms with Crippen LogP contribution in [0.3, 0.4) is 0 Å². The molecule has 7 nitrogen and oxygen atoms in total. The predicted octanol–water partition coefficient (Wildman–Crippen LogP) is 4.98. The van der Waals surface area contributed by atoms with E-state index in [0.717, 1.165) is 50.6 Å². The molecule has 2 aromatic carbocycles. The lowest BCUT2D eigenvalue weighted by molar-refractivity contribution is 0.132. The number of nitrogens with one attached hydrogen (secondary N) is 2. The quantitative estimate of drug-likeness (QED) is 0.499. The summed E-state index contributed by atoms with van der Waals surface area (Å²) in [5, 5.41) is 6.44. The molecular weight excluding hydrogens is 487 g/mol. The summed E-state index contributed by atoms with van der Waals surface area (Å²) in [6.45, 7) is 9.23. The minimum atomic E-state index is -0.376. The standard InChI is InChI=1S/C24H26BrFN6O/c1-2-31-7-9-32(10-8-31)14-16-3-6-21-17(11-16)13-27-22-23(28-15-29-24(22)33-21)30-20-5-4-18(25)12-19(20)26/h3-6,11-12,15,27H,2,7-10,13-14H2,1H3,(H,28,29,30). The second-order valence-electron chi connectivity index (χ2n) is 8.26. The summed E-state index contributed by atoms with van der Waals surface area (Å²) < 4.78 is 21.1. The average molecular weight is 513 g/mol. The summed E-state index contributed by atoms with van der Waals surface area (Å²) in [5.41, 5.74) is 3.25. The minimum Gasteiger partial charge on any atom is -0.437 e. The van der Waals surface area contributed by atoms with E-state index in [1.807, 2.05) is 6.07 Å². The molecule has 0 aliphatic carbocycles. The van der Waals surface area contributed by atoms with Gasteiger partial charge in [-0.05, 0) is 42.4 Å². The van der Waals surface area contributed by atoms with Crippen LogP contribution in [0.5, 0.6) is 11.6 Å². The smallest absolute Gasteiger partial charge is 0.248 e. The molecule has 172 valence electrons. The van der Waals surface area contributed by atoms with Crippen LogP contribution in [0.25, 0.3) is 0 Å². The van der Waals surface area contributed by atoms with Gasteiger partial charge in [0.05, 0.1) is 5.69 Å². The van der Waals surface area contributed by atoms with Gasteiger partial charge in [-0.1, -0.05) is 28.9 Å². The topological polar surface area (TPSA) is 65.5 Å². The van der Waals surface area contributed by atoms with Crippen molar-refractivity contribution in [3.05, 3.63) is 64.1 Å². The Kier molecular flexibility index (Phi) is 6.43. The first-order valence-electron chi connectivity index (χ1n) is 11.1. The molecule has 0 amide bonds. The highest BCUT2D eigenvalue weighted by atomic mass is 79.9. The van der Waals surface area contributed by atoms with Crippen molar-refractivity contribution in [3.63, 3.8) is 0 Å². The number of ether oxygens (including phenoxy) is 1. The number of fused-ring (bicyclic) bond motifs is 2. The first-order chi connectivity index (χ1) is 16.1. The van der Waals surface area contributed by atoms with Crippen LogP contribution in [-0.2, 0) is 13.1 Å². The van der Waals surface area contributed by atoms with Crippen molar-refractivity contribution in [3.8, 4) is 11.6 Å². The van der Waals surface area contributed by atoms with Gasteiger partial charge in [-0.3, -0.25) is 4.90 Å². The van der Waals surface area contributed by atoms with Gasteiger partial charge in [-0.2, -0.15) is 4.98 Å².